The molecule has 0 spiro atoms. The molecule has 3 aromatic rings. The Hall–Kier alpha value is -3.93. The molecule has 1 unspecified atom stereocenters. The predicted octanol–water partition coefficient (Wildman–Crippen LogP) is 5.46. The van der Waals surface area contributed by atoms with E-state index in [1.165, 1.54) is 7.11 Å². The summed E-state index contributed by atoms with van der Waals surface area (Å²) in [5, 5.41) is 2.97. The summed E-state index contributed by atoms with van der Waals surface area (Å²) in [6.45, 7) is 2.22. The fourth-order valence-electron chi connectivity index (χ4n) is 3.86. The number of hydrogen-bond acceptors (Lipinski definition) is 5. The van der Waals surface area contributed by atoms with Crippen molar-refractivity contribution in [2.24, 2.45) is 0 Å². The summed E-state index contributed by atoms with van der Waals surface area (Å²) in [7, 11) is 1.33. The van der Waals surface area contributed by atoms with Crippen molar-refractivity contribution in [2.45, 2.75) is 44.8 Å². The van der Waals surface area contributed by atoms with Gasteiger partial charge in [0.25, 0.3) is 0 Å². The number of carbonyl (C=O) groups excluding carboxylic acids is 3. The molecular formula is C29H31NO5. The number of hydrogen-bond donors (Lipinski definition) is 1. The molecule has 2 atom stereocenters. The van der Waals surface area contributed by atoms with Crippen molar-refractivity contribution in [3.05, 3.63) is 107 Å². The van der Waals surface area contributed by atoms with E-state index in [0.29, 0.717) is 18.4 Å². The SMILES string of the molecule is COC(=O)c1ccc(CC(=O)CCC(NC(=O)OCc2ccccc2)[C@H](C)c2ccccc2)cc1. The van der Waals surface area contributed by atoms with Gasteiger partial charge in [-0.3, -0.25) is 4.79 Å². The molecule has 0 aliphatic heterocycles. The van der Waals surface area contributed by atoms with E-state index in [9.17, 15) is 14.4 Å². The Bertz CT molecular complexity index is 1100. The van der Waals surface area contributed by atoms with Crippen molar-refractivity contribution < 1.29 is 23.9 Å². The van der Waals surface area contributed by atoms with Gasteiger partial charge in [-0.05, 0) is 35.2 Å². The quantitative estimate of drug-likeness (QED) is 0.374. The Balaban J connectivity index is 1.59. The van der Waals surface area contributed by atoms with Crippen LogP contribution in [0.5, 0.6) is 0 Å². The highest BCUT2D eigenvalue weighted by Gasteiger charge is 2.23. The number of ketones is 1. The zero-order valence-corrected chi connectivity index (χ0v) is 20.1. The molecule has 0 aromatic heterocycles. The lowest BCUT2D eigenvalue weighted by atomic mass is 9.89. The molecule has 0 saturated carbocycles. The van der Waals surface area contributed by atoms with Gasteiger partial charge in [-0.2, -0.15) is 0 Å². The van der Waals surface area contributed by atoms with Gasteiger partial charge in [0.15, 0.2) is 0 Å². The Morgan fingerprint density at radius 3 is 2.09 bits per heavy atom. The van der Waals surface area contributed by atoms with Crippen LogP contribution in [0.4, 0.5) is 4.79 Å². The number of methoxy groups -OCH3 is 1. The molecule has 0 radical (unpaired) electrons. The van der Waals surface area contributed by atoms with Crippen molar-refractivity contribution in [3.63, 3.8) is 0 Å². The monoisotopic (exact) mass is 473 g/mol. The van der Waals surface area contributed by atoms with Gasteiger partial charge in [0.05, 0.1) is 12.7 Å². The summed E-state index contributed by atoms with van der Waals surface area (Å²) in [6.07, 6.45) is 0.536. The summed E-state index contributed by atoms with van der Waals surface area (Å²) >= 11 is 0. The normalized spacial score (nSPS) is 12.3. The zero-order chi connectivity index (χ0) is 25.0. The van der Waals surface area contributed by atoms with Crippen molar-refractivity contribution in [3.8, 4) is 0 Å². The number of nitrogens with one attached hydrogen (secondary N) is 1. The second-order valence-corrected chi connectivity index (χ2v) is 8.45. The Morgan fingerprint density at radius 2 is 1.46 bits per heavy atom. The molecule has 6 heteroatoms. The van der Waals surface area contributed by atoms with Gasteiger partial charge in [0, 0.05) is 24.8 Å². The van der Waals surface area contributed by atoms with E-state index in [1.807, 2.05) is 67.6 Å². The molecule has 0 heterocycles. The maximum atomic E-state index is 12.7. The summed E-state index contributed by atoms with van der Waals surface area (Å²) in [6, 6.07) is 25.9. The van der Waals surface area contributed by atoms with E-state index in [2.05, 4.69) is 5.32 Å². The molecule has 0 fully saturated rings. The third-order valence-corrected chi connectivity index (χ3v) is 5.96. The third-order valence-electron chi connectivity index (χ3n) is 5.96. The molecule has 182 valence electrons. The molecule has 0 bridgehead atoms. The number of rotatable bonds is 11. The van der Waals surface area contributed by atoms with Crippen LogP contribution in [0.1, 0.15) is 52.7 Å². The Labute approximate surface area is 206 Å². The highest BCUT2D eigenvalue weighted by molar-refractivity contribution is 5.89. The Kier molecular flexibility index (Phi) is 9.60. The van der Waals surface area contributed by atoms with Crippen molar-refractivity contribution in [2.75, 3.05) is 7.11 Å². The lowest BCUT2D eigenvalue weighted by Gasteiger charge is -2.25. The number of benzene rings is 3. The van der Waals surface area contributed by atoms with E-state index >= 15 is 0 Å². The standard InChI is InChI=1S/C29H31NO5/c1-21(24-11-7-4-8-12-24)27(30-29(33)35-20-23-9-5-3-6-10-23)18-17-26(31)19-22-13-15-25(16-14-22)28(32)34-2/h3-16,21,27H,17-20H2,1-2H3,(H,30,33)/t21-,27?/m1/s1. The number of ether oxygens (including phenoxy) is 2. The lowest BCUT2D eigenvalue weighted by molar-refractivity contribution is -0.118. The maximum absolute atomic E-state index is 12.7. The lowest BCUT2D eigenvalue weighted by Crippen LogP contribution is -2.39. The van der Waals surface area contributed by atoms with Crippen molar-refractivity contribution in [1.29, 1.82) is 0 Å². The summed E-state index contributed by atoms with van der Waals surface area (Å²) in [5.74, 6) is -0.362. The molecule has 0 saturated heterocycles. The number of Topliss-reactive ketones (excluding diaryl/α,β-unsaturated/α-hetero) is 1. The second kappa shape index (κ2) is 13.1. The molecule has 0 aliphatic rings. The van der Waals surface area contributed by atoms with Crippen molar-refractivity contribution >= 4 is 17.8 Å². The topological polar surface area (TPSA) is 81.7 Å². The highest BCUT2D eigenvalue weighted by Crippen LogP contribution is 2.23. The fourth-order valence-corrected chi connectivity index (χ4v) is 3.86. The van der Waals surface area contributed by atoms with E-state index < -0.39 is 12.1 Å². The molecule has 3 rings (SSSR count). The number of alkyl carbamates (subject to hydrolysis) is 1. The molecule has 3 aromatic carbocycles. The third kappa shape index (κ3) is 8.10. The van der Waals surface area contributed by atoms with Crippen LogP contribution in [-0.2, 0) is 27.3 Å². The van der Waals surface area contributed by atoms with Crippen LogP contribution in [0.15, 0.2) is 84.9 Å². The van der Waals surface area contributed by atoms with Crippen LogP contribution >= 0.6 is 0 Å². The van der Waals surface area contributed by atoms with Gasteiger partial charge in [-0.15, -0.1) is 0 Å². The Morgan fingerprint density at radius 1 is 0.829 bits per heavy atom. The second-order valence-electron chi connectivity index (χ2n) is 8.45. The molecule has 6 nitrogen and oxygen atoms in total. The van der Waals surface area contributed by atoms with Gasteiger partial charge in [0.1, 0.15) is 12.4 Å². The summed E-state index contributed by atoms with van der Waals surface area (Å²) in [5.41, 5.74) is 3.25. The first-order valence-corrected chi connectivity index (χ1v) is 11.7. The van der Waals surface area contributed by atoms with E-state index in [-0.39, 0.29) is 30.8 Å². The minimum Gasteiger partial charge on any atom is -0.465 e. The van der Waals surface area contributed by atoms with Gasteiger partial charge < -0.3 is 14.8 Å². The zero-order valence-electron chi connectivity index (χ0n) is 20.1. The average Bonchev–Trinajstić information content (AvgIpc) is 2.90. The molecule has 35 heavy (non-hydrogen) atoms. The minimum absolute atomic E-state index is 0.00684. The van der Waals surface area contributed by atoms with E-state index in [1.54, 1.807) is 24.3 Å². The fraction of sp³-hybridized carbons (Fsp3) is 0.276. The van der Waals surface area contributed by atoms with Crippen LogP contribution in [0.2, 0.25) is 0 Å². The van der Waals surface area contributed by atoms with E-state index in [4.69, 9.17) is 9.47 Å². The molecular weight excluding hydrogens is 442 g/mol. The summed E-state index contributed by atoms with van der Waals surface area (Å²) < 4.78 is 10.1. The molecule has 0 aliphatic carbocycles. The van der Waals surface area contributed by atoms with Crippen LogP contribution in [0, 0.1) is 0 Å². The van der Waals surface area contributed by atoms with E-state index in [0.717, 1.165) is 16.7 Å². The van der Waals surface area contributed by atoms with Gasteiger partial charge in [-0.1, -0.05) is 79.7 Å². The number of esters is 1. The number of amides is 1. The van der Waals surface area contributed by atoms with Gasteiger partial charge in [-0.25, -0.2) is 9.59 Å². The van der Waals surface area contributed by atoms with Crippen LogP contribution in [0.25, 0.3) is 0 Å². The predicted molar refractivity (Wildman–Crippen MR) is 134 cm³/mol. The number of carbonyl (C=O) groups is 3. The van der Waals surface area contributed by atoms with Crippen molar-refractivity contribution in [1.82, 2.24) is 5.32 Å². The first kappa shape index (κ1) is 25.7. The summed E-state index contributed by atoms with van der Waals surface area (Å²) in [4.78, 5) is 36.9. The molecule has 1 N–H and O–H groups in total. The smallest absolute Gasteiger partial charge is 0.407 e. The minimum atomic E-state index is -0.507. The maximum Gasteiger partial charge on any atom is 0.407 e. The van der Waals surface area contributed by atoms with Gasteiger partial charge >= 0.3 is 12.1 Å². The van der Waals surface area contributed by atoms with Crippen LogP contribution in [-0.4, -0.2) is 31.0 Å². The van der Waals surface area contributed by atoms with Crippen LogP contribution in [0.3, 0.4) is 0 Å². The van der Waals surface area contributed by atoms with Crippen LogP contribution < -0.4 is 5.32 Å². The highest BCUT2D eigenvalue weighted by atomic mass is 16.5. The van der Waals surface area contributed by atoms with Gasteiger partial charge in [0.2, 0.25) is 0 Å². The first-order chi connectivity index (χ1) is 17.0. The largest absolute Gasteiger partial charge is 0.465 e. The molecule has 1 amide bonds. The average molecular weight is 474 g/mol. The first-order valence-electron chi connectivity index (χ1n) is 11.7.